The van der Waals surface area contributed by atoms with E-state index in [-0.39, 0.29) is 6.73 Å². The molecule has 1 aliphatic heterocycles. The second kappa shape index (κ2) is 5.15. The van der Waals surface area contributed by atoms with Crippen LogP contribution in [0.5, 0.6) is 0 Å². The summed E-state index contributed by atoms with van der Waals surface area (Å²) in [4.78, 5) is 4.33. The molecule has 0 saturated heterocycles. The van der Waals surface area contributed by atoms with Crippen molar-refractivity contribution < 1.29 is 9.47 Å². The smallest absolute Gasteiger partial charge is 0.165 e. The predicted octanol–water partition coefficient (Wildman–Crippen LogP) is 1.93. The van der Waals surface area contributed by atoms with Crippen molar-refractivity contribution in [2.45, 2.75) is 19.6 Å². The highest BCUT2D eigenvalue weighted by Gasteiger charge is 2.23. The van der Waals surface area contributed by atoms with Crippen LogP contribution in [0.1, 0.15) is 13.8 Å². The van der Waals surface area contributed by atoms with Gasteiger partial charge in [0.25, 0.3) is 0 Å². The number of aromatic nitrogens is 3. The van der Waals surface area contributed by atoms with E-state index >= 15 is 0 Å². The van der Waals surface area contributed by atoms with E-state index < -0.39 is 5.79 Å². The molecule has 0 spiro atoms. The molecule has 104 valence electrons. The number of hydrogen-bond acceptors (Lipinski definition) is 5. The van der Waals surface area contributed by atoms with Crippen LogP contribution in [0.15, 0.2) is 41.5 Å². The van der Waals surface area contributed by atoms with E-state index in [9.17, 15) is 0 Å². The van der Waals surface area contributed by atoms with Gasteiger partial charge in [0.2, 0.25) is 0 Å². The van der Waals surface area contributed by atoms with Gasteiger partial charge in [0.1, 0.15) is 19.0 Å². The van der Waals surface area contributed by atoms with Crippen molar-refractivity contribution in [3.63, 3.8) is 0 Å². The molecule has 1 aromatic carbocycles. The highest BCUT2D eigenvalue weighted by atomic mass is 16.7. The summed E-state index contributed by atoms with van der Waals surface area (Å²) in [7, 11) is 0. The van der Waals surface area contributed by atoms with Crippen LogP contribution in [0, 0.1) is 0 Å². The number of aliphatic imine (C=N–C) groups is 1. The van der Waals surface area contributed by atoms with E-state index in [1.807, 2.05) is 50.4 Å². The van der Waals surface area contributed by atoms with E-state index in [0.29, 0.717) is 12.4 Å². The van der Waals surface area contributed by atoms with Crippen molar-refractivity contribution >= 4 is 5.84 Å². The van der Waals surface area contributed by atoms with Crippen LogP contribution >= 0.6 is 0 Å². The van der Waals surface area contributed by atoms with Crippen molar-refractivity contribution in [3.05, 3.63) is 36.5 Å². The lowest BCUT2D eigenvalue weighted by atomic mass is 10.2. The van der Waals surface area contributed by atoms with Gasteiger partial charge in [-0.3, -0.25) is 0 Å². The van der Waals surface area contributed by atoms with Crippen LogP contribution in [0.25, 0.3) is 11.3 Å². The number of benzene rings is 1. The Balaban J connectivity index is 1.82. The van der Waals surface area contributed by atoms with Gasteiger partial charge in [-0.25, -0.2) is 9.67 Å². The lowest BCUT2D eigenvalue weighted by Gasteiger charge is -2.21. The lowest BCUT2D eigenvalue weighted by molar-refractivity contribution is -0.198. The van der Waals surface area contributed by atoms with Crippen LogP contribution in [-0.4, -0.2) is 40.0 Å². The highest BCUT2D eigenvalue weighted by Crippen LogP contribution is 2.17. The van der Waals surface area contributed by atoms with Crippen molar-refractivity contribution in [2.75, 3.05) is 13.3 Å². The first-order valence-electron chi connectivity index (χ1n) is 6.43. The molecule has 6 heteroatoms. The van der Waals surface area contributed by atoms with Gasteiger partial charge in [-0.05, 0) is 13.8 Å². The van der Waals surface area contributed by atoms with E-state index in [1.165, 1.54) is 0 Å². The van der Waals surface area contributed by atoms with Crippen LogP contribution in [0.3, 0.4) is 0 Å². The first-order valence-corrected chi connectivity index (χ1v) is 6.43. The summed E-state index contributed by atoms with van der Waals surface area (Å²) in [6.07, 6.45) is 1.84. The second-order valence-corrected chi connectivity index (χ2v) is 4.95. The number of rotatable bonds is 1. The standard InChI is InChI=1S/C14H16N4O2/c1-14(2)19-9-13(15-10-20-14)18-8-12(16-17-18)11-6-4-3-5-7-11/h3-8H,9-10H2,1-2H3. The zero-order valence-corrected chi connectivity index (χ0v) is 11.5. The van der Waals surface area contributed by atoms with E-state index in [2.05, 4.69) is 15.3 Å². The maximum Gasteiger partial charge on any atom is 0.165 e. The Hall–Kier alpha value is -2.05. The Kier molecular flexibility index (Phi) is 3.33. The summed E-state index contributed by atoms with van der Waals surface area (Å²) in [5.41, 5.74) is 1.82. The molecule has 2 heterocycles. The summed E-state index contributed by atoms with van der Waals surface area (Å²) >= 11 is 0. The molecule has 0 aliphatic carbocycles. The first-order chi connectivity index (χ1) is 9.64. The third-order valence-electron chi connectivity index (χ3n) is 3.04. The van der Waals surface area contributed by atoms with Crippen molar-refractivity contribution in [1.29, 1.82) is 0 Å². The van der Waals surface area contributed by atoms with E-state index in [4.69, 9.17) is 9.47 Å². The fraction of sp³-hybridized carbons (Fsp3) is 0.357. The molecular formula is C14H16N4O2. The summed E-state index contributed by atoms with van der Waals surface area (Å²) in [6.45, 7) is 4.32. The van der Waals surface area contributed by atoms with Gasteiger partial charge in [-0.1, -0.05) is 35.5 Å². The van der Waals surface area contributed by atoms with E-state index in [0.717, 1.165) is 11.3 Å². The number of nitrogens with zero attached hydrogens (tertiary/aromatic N) is 4. The minimum absolute atomic E-state index is 0.253. The number of ether oxygens (including phenoxy) is 2. The average molecular weight is 272 g/mol. The Labute approximate surface area is 117 Å². The zero-order valence-electron chi connectivity index (χ0n) is 11.5. The van der Waals surface area contributed by atoms with Gasteiger partial charge in [0, 0.05) is 5.56 Å². The SMILES string of the molecule is CC1(C)OCN=C(n2cc(-c3ccccc3)nn2)CO1. The molecular weight excluding hydrogens is 256 g/mol. The van der Waals surface area contributed by atoms with Gasteiger partial charge >= 0.3 is 0 Å². The third kappa shape index (κ3) is 2.76. The molecule has 0 bridgehead atoms. The Bertz CT molecular complexity index is 619. The van der Waals surface area contributed by atoms with Gasteiger partial charge in [-0.15, -0.1) is 5.10 Å². The van der Waals surface area contributed by atoms with Gasteiger partial charge in [0.15, 0.2) is 11.6 Å². The summed E-state index contributed by atoms with van der Waals surface area (Å²) in [6, 6.07) is 9.89. The first kappa shape index (κ1) is 13.0. The molecule has 0 atom stereocenters. The third-order valence-corrected chi connectivity index (χ3v) is 3.04. The summed E-state index contributed by atoms with van der Waals surface area (Å²) in [5.74, 6) is 0.0546. The average Bonchev–Trinajstić information content (AvgIpc) is 2.86. The minimum Gasteiger partial charge on any atom is -0.342 e. The zero-order chi connectivity index (χ0) is 14.0. The van der Waals surface area contributed by atoms with Crippen LogP contribution in [0.2, 0.25) is 0 Å². The van der Waals surface area contributed by atoms with E-state index in [1.54, 1.807) is 4.68 Å². The van der Waals surface area contributed by atoms with Gasteiger partial charge in [-0.2, -0.15) is 0 Å². The predicted molar refractivity (Wildman–Crippen MR) is 74.3 cm³/mol. The normalized spacial score (nSPS) is 18.4. The molecule has 0 radical (unpaired) electrons. The van der Waals surface area contributed by atoms with Gasteiger partial charge in [0.05, 0.1) is 6.20 Å². The van der Waals surface area contributed by atoms with Crippen LogP contribution in [0.4, 0.5) is 0 Å². The summed E-state index contributed by atoms with van der Waals surface area (Å²) in [5, 5.41) is 8.27. The molecule has 6 nitrogen and oxygen atoms in total. The highest BCUT2D eigenvalue weighted by molar-refractivity contribution is 5.85. The quantitative estimate of drug-likeness (QED) is 0.796. The van der Waals surface area contributed by atoms with Crippen LogP contribution in [-0.2, 0) is 9.47 Å². The Morgan fingerprint density at radius 1 is 1.15 bits per heavy atom. The molecule has 3 rings (SSSR count). The molecule has 20 heavy (non-hydrogen) atoms. The molecule has 0 N–H and O–H groups in total. The number of hydrogen-bond donors (Lipinski definition) is 0. The molecule has 0 amide bonds. The molecule has 1 aromatic heterocycles. The lowest BCUT2D eigenvalue weighted by Crippen LogP contribution is -2.29. The Morgan fingerprint density at radius 3 is 2.75 bits per heavy atom. The van der Waals surface area contributed by atoms with Gasteiger partial charge < -0.3 is 9.47 Å². The fourth-order valence-corrected chi connectivity index (χ4v) is 1.86. The molecule has 0 saturated carbocycles. The van der Waals surface area contributed by atoms with Crippen molar-refractivity contribution in [2.24, 2.45) is 4.99 Å². The second-order valence-electron chi connectivity index (χ2n) is 4.95. The molecule has 0 unspecified atom stereocenters. The van der Waals surface area contributed by atoms with Crippen molar-refractivity contribution in [1.82, 2.24) is 15.0 Å². The topological polar surface area (TPSA) is 61.5 Å². The largest absolute Gasteiger partial charge is 0.342 e. The maximum absolute atomic E-state index is 5.63. The fourth-order valence-electron chi connectivity index (χ4n) is 1.86. The monoisotopic (exact) mass is 272 g/mol. The Morgan fingerprint density at radius 2 is 1.95 bits per heavy atom. The maximum atomic E-state index is 5.63. The van der Waals surface area contributed by atoms with Crippen molar-refractivity contribution in [3.8, 4) is 11.3 Å². The molecule has 1 aliphatic rings. The molecule has 2 aromatic rings. The summed E-state index contributed by atoms with van der Waals surface area (Å²) < 4.78 is 12.7. The molecule has 0 fully saturated rings. The minimum atomic E-state index is -0.631. The van der Waals surface area contributed by atoms with Crippen LogP contribution < -0.4 is 0 Å².